The molecule has 3 heterocycles. The summed E-state index contributed by atoms with van der Waals surface area (Å²) in [5.41, 5.74) is 0.343. The van der Waals surface area contributed by atoms with Crippen LogP contribution in [0.2, 0.25) is 5.02 Å². The Hall–Kier alpha value is -1.29. The molecule has 4 rings (SSSR count). The van der Waals surface area contributed by atoms with Crippen LogP contribution in [-0.4, -0.2) is 48.2 Å². The first kappa shape index (κ1) is 19.0. The molecule has 0 bridgehead atoms. The largest absolute Gasteiger partial charge is 0.342 e. The van der Waals surface area contributed by atoms with E-state index in [9.17, 15) is 9.18 Å². The van der Waals surface area contributed by atoms with Gasteiger partial charge in [0, 0.05) is 5.69 Å². The molecular weight excluding hydrogens is 381 g/mol. The molecule has 3 saturated heterocycles. The molecule has 7 nitrogen and oxygen atoms in total. The summed E-state index contributed by atoms with van der Waals surface area (Å²) in [5, 5.41) is 2.58. The zero-order chi connectivity index (χ0) is 19.6. The molecule has 1 aromatic rings. The van der Waals surface area contributed by atoms with Crippen LogP contribution >= 0.6 is 11.6 Å². The average Bonchev–Trinajstić information content (AvgIpc) is 3.04. The second-order valence-electron chi connectivity index (χ2n) is 7.71. The van der Waals surface area contributed by atoms with Crippen molar-refractivity contribution in [2.45, 2.75) is 70.0 Å². The first-order valence-corrected chi connectivity index (χ1v) is 9.05. The number of carbonyl (C=O) groups is 1. The van der Waals surface area contributed by atoms with Crippen LogP contribution in [0.25, 0.3) is 0 Å². The third kappa shape index (κ3) is 3.57. The minimum atomic E-state index is -1.00. The van der Waals surface area contributed by atoms with E-state index in [4.69, 9.17) is 35.3 Å². The summed E-state index contributed by atoms with van der Waals surface area (Å²) in [6.45, 7) is 7.05. The van der Waals surface area contributed by atoms with Crippen molar-refractivity contribution in [2.75, 3.05) is 5.32 Å². The predicted octanol–water partition coefficient (Wildman–Crippen LogP) is 2.81. The lowest BCUT2D eigenvalue weighted by Gasteiger charge is -2.36. The van der Waals surface area contributed by atoms with Crippen LogP contribution < -0.4 is 5.32 Å². The topological polar surface area (TPSA) is 75.3 Å². The molecule has 9 heteroatoms. The molecular formula is C18H21ClFNO6. The molecule has 3 aliphatic rings. The number of carbonyl (C=O) groups excluding carboxylic acids is 1. The fourth-order valence-electron chi connectivity index (χ4n) is 3.61. The molecule has 1 amide bonds. The summed E-state index contributed by atoms with van der Waals surface area (Å²) in [5.74, 6) is -2.81. The maximum Gasteiger partial charge on any atom is 0.256 e. The highest BCUT2D eigenvalue weighted by Gasteiger charge is 2.62. The molecule has 1 N–H and O–H groups in total. The fourth-order valence-corrected chi connectivity index (χ4v) is 3.79. The fraction of sp³-hybridized carbons (Fsp3) is 0.611. The number of amides is 1. The Balaban J connectivity index is 1.57. The van der Waals surface area contributed by atoms with Gasteiger partial charge in [-0.15, -0.1) is 0 Å². The van der Waals surface area contributed by atoms with E-state index in [2.05, 4.69) is 5.32 Å². The smallest absolute Gasteiger partial charge is 0.256 e. The summed E-state index contributed by atoms with van der Waals surface area (Å²) in [6, 6.07) is 3.91. The van der Waals surface area contributed by atoms with E-state index in [1.807, 2.05) is 0 Å². The van der Waals surface area contributed by atoms with Gasteiger partial charge < -0.3 is 29.0 Å². The van der Waals surface area contributed by atoms with E-state index in [0.29, 0.717) is 5.69 Å². The van der Waals surface area contributed by atoms with Gasteiger partial charge in [0.25, 0.3) is 5.91 Å². The van der Waals surface area contributed by atoms with E-state index in [1.165, 1.54) is 18.2 Å². The number of anilines is 1. The molecule has 0 saturated carbocycles. The van der Waals surface area contributed by atoms with E-state index < -0.39 is 54.0 Å². The lowest BCUT2D eigenvalue weighted by molar-refractivity contribution is -0.229. The molecule has 27 heavy (non-hydrogen) atoms. The predicted molar refractivity (Wildman–Crippen MR) is 92.6 cm³/mol. The molecule has 1 aromatic carbocycles. The quantitative estimate of drug-likeness (QED) is 0.821. The van der Waals surface area contributed by atoms with E-state index >= 15 is 0 Å². The lowest BCUT2D eigenvalue weighted by atomic mass is 9.98. The number of hydrogen-bond acceptors (Lipinski definition) is 6. The second-order valence-corrected chi connectivity index (χ2v) is 8.12. The maximum absolute atomic E-state index is 13.3. The van der Waals surface area contributed by atoms with Crippen molar-refractivity contribution in [3.63, 3.8) is 0 Å². The van der Waals surface area contributed by atoms with Gasteiger partial charge in [-0.05, 0) is 45.9 Å². The lowest BCUT2D eigenvalue weighted by Crippen LogP contribution is -2.58. The number of nitrogens with one attached hydrogen (secondary N) is 1. The summed E-state index contributed by atoms with van der Waals surface area (Å²) in [6.07, 6.45) is -3.51. The van der Waals surface area contributed by atoms with Gasteiger partial charge in [0.1, 0.15) is 24.1 Å². The summed E-state index contributed by atoms with van der Waals surface area (Å²) in [7, 11) is 0. The Morgan fingerprint density at radius 1 is 1.04 bits per heavy atom. The van der Waals surface area contributed by atoms with Gasteiger partial charge >= 0.3 is 0 Å². The molecule has 0 unspecified atom stereocenters. The molecule has 0 radical (unpaired) electrons. The van der Waals surface area contributed by atoms with E-state index in [1.54, 1.807) is 27.7 Å². The minimum Gasteiger partial charge on any atom is -0.342 e. The molecule has 5 atom stereocenters. The van der Waals surface area contributed by atoms with Crippen LogP contribution in [0.3, 0.4) is 0 Å². The third-order valence-electron chi connectivity index (χ3n) is 4.60. The Morgan fingerprint density at radius 3 is 2.37 bits per heavy atom. The molecule has 0 spiro atoms. The average molecular weight is 402 g/mol. The SMILES string of the molecule is CC1(C)O[C@@H]2O[C@H](C(=O)Nc3ccc(F)c(Cl)c3)[C@@H]3OC(C)(C)O[C@H]3[C@@H]2O1. The van der Waals surface area contributed by atoms with Gasteiger partial charge in [-0.3, -0.25) is 4.79 Å². The van der Waals surface area contributed by atoms with Gasteiger partial charge in [0.05, 0.1) is 5.02 Å². The summed E-state index contributed by atoms with van der Waals surface area (Å²) in [4.78, 5) is 12.9. The number of rotatable bonds is 2. The van der Waals surface area contributed by atoms with Gasteiger partial charge in [-0.2, -0.15) is 0 Å². The van der Waals surface area contributed by atoms with Crippen molar-refractivity contribution in [1.29, 1.82) is 0 Å². The van der Waals surface area contributed by atoms with Crippen LogP contribution in [-0.2, 0) is 28.5 Å². The molecule has 0 aromatic heterocycles. The number of benzene rings is 1. The first-order chi connectivity index (χ1) is 12.5. The Morgan fingerprint density at radius 2 is 1.67 bits per heavy atom. The maximum atomic E-state index is 13.3. The molecule has 0 aliphatic carbocycles. The van der Waals surface area contributed by atoms with Crippen molar-refractivity contribution >= 4 is 23.2 Å². The van der Waals surface area contributed by atoms with Gasteiger partial charge in [0.2, 0.25) is 0 Å². The Kier molecular flexibility index (Phi) is 4.49. The van der Waals surface area contributed by atoms with Crippen LogP contribution in [0.4, 0.5) is 10.1 Å². The van der Waals surface area contributed by atoms with Crippen molar-refractivity contribution in [1.82, 2.24) is 0 Å². The number of hydrogen-bond donors (Lipinski definition) is 1. The van der Waals surface area contributed by atoms with Crippen molar-refractivity contribution in [3.05, 3.63) is 29.0 Å². The van der Waals surface area contributed by atoms with E-state index in [0.717, 1.165) is 0 Å². The van der Waals surface area contributed by atoms with Gasteiger partial charge in [-0.25, -0.2) is 4.39 Å². The standard InChI is InChI=1S/C18H21ClFNO6/c1-17(2)24-11-12(25-17)14-16(27-18(3,4)26-14)23-13(11)15(22)21-8-5-6-10(20)9(19)7-8/h5-7,11-14,16H,1-4H3,(H,21,22)/t11-,12-,13+,14+,16+/m1/s1. The normalized spacial score (nSPS) is 36.1. The highest BCUT2D eigenvalue weighted by atomic mass is 35.5. The number of halogens is 2. The van der Waals surface area contributed by atoms with Crippen molar-refractivity contribution in [2.24, 2.45) is 0 Å². The Labute approximate surface area is 161 Å². The van der Waals surface area contributed by atoms with Crippen LogP contribution in [0.15, 0.2) is 18.2 Å². The third-order valence-corrected chi connectivity index (χ3v) is 4.89. The van der Waals surface area contributed by atoms with Crippen LogP contribution in [0.1, 0.15) is 27.7 Å². The zero-order valence-corrected chi connectivity index (χ0v) is 16.1. The zero-order valence-electron chi connectivity index (χ0n) is 15.3. The first-order valence-electron chi connectivity index (χ1n) is 8.67. The molecule has 3 fully saturated rings. The Bertz CT molecular complexity index is 772. The highest BCUT2D eigenvalue weighted by molar-refractivity contribution is 6.31. The van der Waals surface area contributed by atoms with Crippen molar-refractivity contribution < 1.29 is 32.9 Å². The minimum absolute atomic E-state index is 0.0915. The van der Waals surface area contributed by atoms with Gasteiger partial charge in [-0.1, -0.05) is 11.6 Å². The molecule has 148 valence electrons. The summed E-state index contributed by atoms with van der Waals surface area (Å²) < 4.78 is 42.7. The molecule has 3 aliphatic heterocycles. The monoisotopic (exact) mass is 401 g/mol. The van der Waals surface area contributed by atoms with E-state index in [-0.39, 0.29) is 5.02 Å². The highest BCUT2D eigenvalue weighted by Crippen LogP contribution is 2.44. The van der Waals surface area contributed by atoms with Crippen molar-refractivity contribution in [3.8, 4) is 0 Å². The van der Waals surface area contributed by atoms with Crippen LogP contribution in [0, 0.1) is 5.82 Å². The van der Waals surface area contributed by atoms with Gasteiger partial charge in [0.15, 0.2) is 24.0 Å². The number of fused-ring (bicyclic) bond motifs is 3. The second kappa shape index (κ2) is 6.37. The van der Waals surface area contributed by atoms with Crippen LogP contribution in [0.5, 0.6) is 0 Å². The summed E-state index contributed by atoms with van der Waals surface area (Å²) >= 11 is 5.78. The number of ether oxygens (including phenoxy) is 5.